The molecule has 2 N–H and O–H groups in total. The standard InChI is InChI=1S/C15H22N2O2.ClH/c1-19-14-6-2-4-12(10-14)7-9-17-15(18)11-13-5-3-8-16-13;/h2,4,6,10,13,16H,3,5,7-9,11H2,1H3,(H,17,18);1H. The average Bonchev–Trinajstić information content (AvgIpc) is 2.92. The molecule has 20 heavy (non-hydrogen) atoms. The van der Waals surface area contributed by atoms with E-state index in [-0.39, 0.29) is 18.3 Å². The summed E-state index contributed by atoms with van der Waals surface area (Å²) in [4.78, 5) is 11.7. The van der Waals surface area contributed by atoms with Crippen LogP contribution in [0.25, 0.3) is 0 Å². The Morgan fingerprint density at radius 3 is 3.05 bits per heavy atom. The Balaban J connectivity index is 0.00000200. The lowest BCUT2D eigenvalue weighted by Gasteiger charge is -2.10. The van der Waals surface area contributed by atoms with Crippen molar-refractivity contribution in [2.75, 3.05) is 20.2 Å². The number of rotatable bonds is 6. The van der Waals surface area contributed by atoms with Crippen LogP contribution in [0.1, 0.15) is 24.8 Å². The molecule has 1 aliphatic rings. The molecular weight excluding hydrogens is 276 g/mol. The van der Waals surface area contributed by atoms with E-state index in [9.17, 15) is 4.79 Å². The third kappa shape index (κ3) is 5.39. The highest BCUT2D eigenvalue weighted by Gasteiger charge is 2.17. The summed E-state index contributed by atoms with van der Waals surface area (Å²) >= 11 is 0. The van der Waals surface area contributed by atoms with E-state index in [0.717, 1.165) is 25.1 Å². The van der Waals surface area contributed by atoms with Crippen LogP contribution in [0.15, 0.2) is 24.3 Å². The molecule has 0 saturated carbocycles. The Morgan fingerprint density at radius 2 is 2.35 bits per heavy atom. The second-order valence-electron chi connectivity index (χ2n) is 4.95. The largest absolute Gasteiger partial charge is 0.497 e. The molecule has 1 fully saturated rings. The molecule has 0 aliphatic carbocycles. The number of hydrogen-bond acceptors (Lipinski definition) is 3. The number of nitrogens with one attached hydrogen (secondary N) is 2. The van der Waals surface area contributed by atoms with Gasteiger partial charge in [0.2, 0.25) is 5.91 Å². The number of hydrogen-bond donors (Lipinski definition) is 2. The van der Waals surface area contributed by atoms with Crippen molar-refractivity contribution in [1.82, 2.24) is 10.6 Å². The number of benzene rings is 1. The first kappa shape index (κ1) is 16.8. The van der Waals surface area contributed by atoms with Crippen molar-refractivity contribution < 1.29 is 9.53 Å². The lowest BCUT2D eigenvalue weighted by Crippen LogP contribution is -2.32. The lowest BCUT2D eigenvalue weighted by molar-refractivity contribution is -0.121. The average molecular weight is 299 g/mol. The van der Waals surface area contributed by atoms with E-state index >= 15 is 0 Å². The van der Waals surface area contributed by atoms with E-state index < -0.39 is 0 Å². The fraction of sp³-hybridized carbons (Fsp3) is 0.533. The molecule has 1 heterocycles. The summed E-state index contributed by atoms with van der Waals surface area (Å²) in [6.45, 7) is 1.72. The highest BCUT2D eigenvalue weighted by Crippen LogP contribution is 2.12. The molecule has 1 unspecified atom stereocenters. The SMILES string of the molecule is COc1cccc(CCNC(=O)CC2CCCN2)c1.Cl. The molecule has 1 aliphatic heterocycles. The molecule has 1 aromatic carbocycles. The van der Waals surface area contributed by atoms with Gasteiger partial charge in [-0.25, -0.2) is 0 Å². The van der Waals surface area contributed by atoms with Gasteiger partial charge >= 0.3 is 0 Å². The zero-order chi connectivity index (χ0) is 13.5. The fourth-order valence-electron chi connectivity index (χ4n) is 2.40. The first-order valence-corrected chi connectivity index (χ1v) is 6.91. The van der Waals surface area contributed by atoms with E-state index in [1.807, 2.05) is 24.3 Å². The third-order valence-corrected chi connectivity index (χ3v) is 3.46. The molecule has 0 spiro atoms. The molecule has 1 aromatic rings. The van der Waals surface area contributed by atoms with Crippen molar-refractivity contribution in [1.29, 1.82) is 0 Å². The maximum absolute atomic E-state index is 11.7. The van der Waals surface area contributed by atoms with Crippen LogP contribution >= 0.6 is 12.4 Å². The number of carbonyl (C=O) groups is 1. The van der Waals surface area contributed by atoms with Gasteiger partial charge in [0.15, 0.2) is 0 Å². The van der Waals surface area contributed by atoms with Crippen LogP contribution in [0.5, 0.6) is 5.75 Å². The molecule has 1 amide bonds. The van der Waals surface area contributed by atoms with E-state index in [1.165, 1.54) is 12.0 Å². The van der Waals surface area contributed by atoms with Gasteiger partial charge < -0.3 is 15.4 Å². The van der Waals surface area contributed by atoms with E-state index in [0.29, 0.717) is 19.0 Å². The van der Waals surface area contributed by atoms with E-state index in [2.05, 4.69) is 10.6 Å². The summed E-state index contributed by atoms with van der Waals surface area (Å²) in [5.41, 5.74) is 1.18. The number of methoxy groups -OCH3 is 1. The second-order valence-corrected chi connectivity index (χ2v) is 4.95. The van der Waals surface area contributed by atoms with Gasteiger partial charge in [0, 0.05) is 19.0 Å². The minimum Gasteiger partial charge on any atom is -0.497 e. The molecule has 0 aromatic heterocycles. The maximum atomic E-state index is 11.7. The van der Waals surface area contributed by atoms with Crippen LogP contribution in [-0.4, -0.2) is 32.1 Å². The monoisotopic (exact) mass is 298 g/mol. The van der Waals surface area contributed by atoms with Crippen LogP contribution in [0.2, 0.25) is 0 Å². The van der Waals surface area contributed by atoms with Gasteiger partial charge in [-0.1, -0.05) is 12.1 Å². The van der Waals surface area contributed by atoms with Gasteiger partial charge in [0.05, 0.1) is 7.11 Å². The van der Waals surface area contributed by atoms with Crippen LogP contribution in [0.4, 0.5) is 0 Å². The maximum Gasteiger partial charge on any atom is 0.221 e. The smallest absolute Gasteiger partial charge is 0.221 e. The summed E-state index contributed by atoms with van der Waals surface area (Å²) < 4.78 is 5.18. The van der Waals surface area contributed by atoms with Crippen LogP contribution in [-0.2, 0) is 11.2 Å². The van der Waals surface area contributed by atoms with Crippen LogP contribution < -0.4 is 15.4 Å². The Bertz CT molecular complexity index is 420. The molecule has 1 atom stereocenters. The van der Waals surface area contributed by atoms with Gasteiger partial charge in [0.1, 0.15) is 5.75 Å². The van der Waals surface area contributed by atoms with Crippen molar-refractivity contribution in [3.63, 3.8) is 0 Å². The fourth-order valence-corrected chi connectivity index (χ4v) is 2.40. The molecule has 112 valence electrons. The first-order valence-electron chi connectivity index (χ1n) is 6.91. The minimum absolute atomic E-state index is 0. The van der Waals surface area contributed by atoms with Gasteiger partial charge in [0.25, 0.3) is 0 Å². The van der Waals surface area contributed by atoms with Gasteiger partial charge in [-0.05, 0) is 43.5 Å². The van der Waals surface area contributed by atoms with Crippen molar-refractivity contribution >= 4 is 18.3 Å². The van der Waals surface area contributed by atoms with Crippen molar-refractivity contribution in [2.24, 2.45) is 0 Å². The molecular formula is C15H23ClN2O2. The predicted molar refractivity (Wildman–Crippen MR) is 82.6 cm³/mol. The van der Waals surface area contributed by atoms with E-state index in [4.69, 9.17) is 4.74 Å². The van der Waals surface area contributed by atoms with Gasteiger partial charge in [-0.3, -0.25) is 4.79 Å². The summed E-state index contributed by atoms with van der Waals surface area (Å²) in [6, 6.07) is 8.32. The van der Waals surface area contributed by atoms with Gasteiger partial charge in [-0.2, -0.15) is 0 Å². The normalized spacial score (nSPS) is 17.4. The summed E-state index contributed by atoms with van der Waals surface area (Å²) in [5.74, 6) is 1.00. The first-order chi connectivity index (χ1) is 9.28. The van der Waals surface area contributed by atoms with Gasteiger partial charge in [-0.15, -0.1) is 12.4 Å². The summed E-state index contributed by atoms with van der Waals surface area (Å²) in [5, 5.41) is 6.31. The predicted octanol–water partition coefficient (Wildman–Crippen LogP) is 1.92. The quantitative estimate of drug-likeness (QED) is 0.843. The Morgan fingerprint density at radius 1 is 1.50 bits per heavy atom. The third-order valence-electron chi connectivity index (χ3n) is 3.46. The Labute approximate surface area is 126 Å². The summed E-state index contributed by atoms with van der Waals surface area (Å²) in [6.07, 6.45) is 3.73. The summed E-state index contributed by atoms with van der Waals surface area (Å²) in [7, 11) is 1.66. The van der Waals surface area contributed by atoms with E-state index in [1.54, 1.807) is 7.11 Å². The Hall–Kier alpha value is -1.26. The number of amides is 1. The highest BCUT2D eigenvalue weighted by molar-refractivity contribution is 5.85. The zero-order valence-corrected chi connectivity index (χ0v) is 12.7. The second kappa shape index (κ2) is 8.82. The molecule has 4 nitrogen and oxygen atoms in total. The molecule has 1 saturated heterocycles. The number of carbonyl (C=O) groups excluding carboxylic acids is 1. The highest BCUT2D eigenvalue weighted by atomic mass is 35.5. The molecule has 0 radical (unpaired) electrons. The van der Waals surface area contributed by atoms with Crippen LogP contribution in [0.3, 0.4) is 0 Å². The van der Waals surface area contributed by atoms with Crippen molar-refractivity contribution in [2.45, 2.75) is 31.7 Å². The molecule has 5 heteroatoms. The number of halogens is 1. The molecule has 0 bridgehead atoms. The lowest BCUT2D eigenvalue weighted by atomic mass is 10.1. The number of ether oxygens (including phenoxy) is 1. The zero-order valence-electron chi connectivity index (χ0n) is 11.9. The van der Waals surface area contributed by atoms with Crippen LogP contribution in [0, 0.1) is 0 Å². The minimum atomic E-state index is 0. The Kier molecular flexibility index (Phi) is 7.41. The van der Waals surface area contributed by atoms with Crippen molar-refractivity contribution in [3.05, 3.63) is 29.8 Å². The molecule has 2 rings (SSSR count). The topological polar surface area (TPSA) is 50.4 Å². The van der Waals surface area contributed by atoms with Crippen molar-refractivity contribution in [3.8, 4) is 5.75 Å².